The zero-order chi connectivity index (χ0) is 16.2. The van der Waals surface area contributed by atoms with Gasteiger partial charge in [0, 0.05) is 18.2 Å². The highest BCUT2D eigenvalue weighted by Crippen LogP contribution is 2.26. The molecule has 2 aliphatic rings. The third kappa shape index (κ3) is 3.72. The Balaban J connectivity index is 1.54. The molecule has 2 amide bonds. The fourth-order valence-corrected chi connectivity index (χ4v) is 3.59. The van der Waals surface area contributed by atoms with Crippen LogP contribution in [0.1, 0.15) is 32.6 Å². The summed E-state index contributed by atoms with van der Waals surface area (Å²) in [5.74, 6) is 0.594. The Morgan fingerprint density at radius 1 is 1.35 bits per heavy atom. The van der Waals surface area contributed by atoms with E-state index in [-0.39, 0.29) is 23.9 Å². The van der Waals surface area contributed by atoms with Gasteiger partial charge in [-0.05, 0) is 57.3 Å². The summed E-state index contributed by atoms with van der Waals surface area (Å²) in [5.41, 5.74) is 0.902. The van der Waals surface area contributed by atoms with E-state index in [1.165, 1.54) is 0 Å². The zero-order valence-electron chi connectivity index (χ0n) is 13.6. The Morgan fingerprint density at radius 3 is 2.83 bits per heavy atom. The molecule has 5 heteroatoms. The van der Waals surface area contributed by atoms with Gasteiger partial charge in [-0.2, -0.15) is 0 Å². The topological polar surface area (TPSA) is 61.4 Å². The summed E-state index contributed by atoms with van der Waals surface area (Å²) in [6, 6.07) is 9.38. The summed E-state index contributed by atoms with van der Waals surface area (Å²) in [6.07, 6.45) is 3.23. The van der Waals surface area contributed by atoms with E-state index in [0.29, 0.717) is 18.8 Å². The summed E-state index contributed by atoms with van der Waals surface area (Å²) in [5, 5.41) is 6.25. The number of amides is 2. The normalized spacial score (nSPS) is 27.4. The molecule has 2 fully saturated rings. The summed E-state index contributed by atoms with van der Waals surface area (Å²) in [6.45, 7) is 4.09. The minimum atomic E-state index is -0.389. The fraction of sp³-hybridized carbons (Fsp3) is 0.556. The molecule has 23 heavy (non-hydrogen) atoms. The van der Waals surface area contributed by atoms with Crippen molar-refractivity contribution in [3.63, 3.8) is 0 Å². The molecular formula is C18H25N3O2. The maximum Gasteiger partial charge on any atom is 0.249 e. The molecule has 1 aromatic carbocycles. The number of nitrogens with one attached hydrogen (secondary N) is 2. The third-order valence-electron chi connectivity index (χ3n) is 4.86. The van der Waals surface area contributed by atoms with Crippen LogP contribution in [0.15, 0.2) is 30.3 Å². The van der Waals surface area contributed by atoms with Gasteiger partial charge in [-0.3, -0.25) is 9.59 Å². The maximum absolute atomic E-state index is 12.6. The van der Waals surface area contributed by atoms with Gasteiger partial charge in [0.25, 0.3) is 0 Å². The molecule has 0 aliphatic carbocycles. The molecule has 0 bridgehead atoms. The summed E-state index contributed by atoms with van der Waals surface area (Å²) in [7, 11) is 0. The summed E-state index contributed by atoms with van der Waals surface area (Å²) in [4.78, 5) is 26.6. The van der Waals surface area contributed by atoms with Crippen molar-refractivity contribution in [2.75, 3.05) is 18.0 Å². The highest BCUT2D eigenvalue weighted by molar-refractivity contribution is 6.01. The van der Waals surface area contributed by atoms with Crippen LogP contribution in [-0.4, -0.2) is 37.0 Å². The summed E-state index contributed by atoms with van der Waals surface area (Å²) >= 11 is 0. The third-order valence-corrected chi connectivity index (χ3v) is 4.86. The first-order valence-electron chi connectivity index (χ1n) is 8.53. The first-order valence-corrected chi connectivity index (χ1v) is 8.53. The lowest BCUT2D eigenvalue weighted by Crippen LogP contribution is -2.42. The van der Waals surface area contributed by atoms with Crippen LogP contribution >= 0.6 is 0 Å². The van der Waals surface area contributed by atoms with Gasteiger partial charge in [0.15, 0.2) is 0 Å². The number of anilines is 1. The second-order valence-electron chi connectivity index (χ2n) is 6.65. The maximum atomic E-state index is 12.6. The minimum Gasteiger partial charge on any atom is -0.344 e. The average Bonchev–Trinajstić information content (AvgIpc) is 3.15. The second-order valence-corrected chi connectivity index (χ2v) is 6.65. The van der Waals surface area contributed by atoms with Crippen molar-refractivity contribution in [2.45, 2.75) is 44.7 Å². The molecule has 0 radical (unpaired) electrons. The molecule has 3 atom stereocenters. The Labute approximate surface area is 137 Å². The number of nitrogens with zero attached hydrogens (tertiary/aromatic N) is 1. The molecule has 1 aromatic rings. The number of benzene rings is 1. The van der Waals surface area contributed by atoms with E-state index < -0.39 is 0 Å². The zero-order valence-corrected chi connectivity index (χ0v) is 13.6. The standard InChI is InChI=1S/C18H25N3O2/c1-13-11-16(18(23)21(13)15-5-3-2-4-6-15)20-17(22)8-7-14-9-10-19-12-14/h2-6,13-14,16,19H,7-12H2,1H3,(H,20,22). The molecule has 0 spiro atoms. The van der Waals surface area contributed by atoms with Gasteiger partial charge < -0.3 is 15.5 Å². The predicted molar refractivity (Wildman–Crippen MR) is 90.1 cm³/mol. The number of hydrogen-bond acceptors (Lipinski definition) is 3. The van der Waals surface area contributed by atoms with Crippen molar-refractivity contribution in [1.82, 2.24) is 10.6 Å². The van der Waals surface area contributed by atoms with Crippen molar-refractivity contribution >= 4 is 17.5 Å². The number of rotatable bonds is 5. The monoisotopic (exact) mass is 315 g/mol. The predicted octanol–water partition coefficient (Wildman–Crippen LogP) is 1.69. The first kappa shape index (κ1) is 16.0. The molecule has 5 nitrogen and oxygen atoms in total. The van der Waals surface area contributed by atoms with Crippen LogP contribution in [0, 0.1) is 5.92 Å². The number of hydrogen-bond donors (Lipinski definition) is 2. The van der Waals surface area contributed by atoms with E-state index >= 15 is 0 Å². The molecule has 2 heterocycles. The molecule has 2 saturated heterocycles. The van der Waals surface area contributed by atoms with Gasteiger partial charge in [-0.15, -0.1) is 0 Å². The van der Waals surface area contributed by atoms with Crippen LogP contribution in [0.2, 0.25) is 0 Å². The Hall–Kier alpha value is -1.88. The van der Waals surface area contributed by atoms with Gasteiger partial charge in [0.05, 0.1) is 0 Å². The van der Waals surface area contributed by atoms with E-state index in [1.807, 2.05) is 37.3 Å². The molecule has 2 N–H and O–H groups in total. The molecule has 0 saturated carbocycles. The van der Waals surface area contributed by atoms with Gasteiger partial charge in [0.2, 0.25) is 11.8 Å². The van der Waals surface area contributed by atoms with Crippen LogP contribution in [0.4, 0.5) is 5.69 Å². The first-order chi connectivity index (χ1) is 11.1. The van der Waals surface area contributed by atoms with E-state index in [2.05, 4.69) is 10.6 Å². The van der Waals surface area contributed by atoms with Crippen molar-refractivity contribution in [2.24, 2.45) is 5.92 Å². The highest BCUT2D eigenvalue weighted by Gasteiger charge is 2.38. The van der Waals surface area contributed by atoms with Crippen molar-refractivity contribution in [1.29, 1.82) is 0 Å². The fourth-order valence-electron chi connectivity index (χ4n) is 3.59. The van der Waals surface area contributed by atoms with Gasteiger partial charge in [-0.1, -0.05) is 18.2 Å². The van der Waals surface area contributed by atoms with E-state index in [9.17, 15) is 9.59 Å². The quantitative estimate of drug-likeness (QED) is 0.869. The number of carbonyl (C=O) groups is 2. The van der Waals surface area contributed by atoms with Gasteiger partial charge >= 0.3 is 0 Å². The average molecular weight is 315 g/mol. The van der Waals surface area contributed by atoms with Gasteiger partial charge in [0.1, 0.15) is 6.04 Å². The molecule has 124 valence electrons. The highest BCUT2D eigenvalue weighted by atomic mass is 16.2. The largest absolute Gasteiger partial charge is 0.344 e. The Kier molecular flexibility index (Phi) is 4.96. The molecule has 3 rings (SSSR count). The van der Waals surface area contributed by atoms with Crippen LogP contribution in [0.3, 0.4) is 0 Å². The SMILES string of the molecule is CC1CC(NC(=O)CCC2CCNC2)C(=O)N1c1ccccc1. The van der Waals surface area contributed by atoms with Crippen molar-refractivity contribution in [3.8, 4) is 0 Å². The lowest BCUT2D eigenvalue weighted by atomic mass is 10.0. The lowest BCUT2D eigenvalue weighted by Gasteiger charge is -2.21. The van der Waals surface area contributed by atoms with E-state index in [1.54, 1.807) is 4.90 Å². The molecule has 2 aliphatic heterocycles. The minimum absolute atomic E-state index is 0.000386. The molecule has 3 unspecified atom stereocenters. The van der Waals surface area contributed by atoms with Crippen molar-refractivity contribution < 1.29 is 9.59 Å². The second kappa shape index (κ2) is 7.13. The van der Waals surface area contributed by atoms with Crippen molar-refractivity contribution in [3.05, 3.63) is 30.3 Å². The Bertz CT molecular complexity index is 555. The van der Waals surface area contributed by atoms with E-state index in [0.717, 1.165) is 31.6 Å². The van der Waals surface area contributed by atoms with Crippen LogP contribution in [0.25, 0.3) is 0 Å². The smallest absolute Gasteiger partial charge is 0.249 e. The van der Waals surface area contributed by atoms with E-state index in [4.69, 9.17) is 0 Å². The Morgan fingerprint density at radius 2 is 2.13 bits per heavy atom. The van der Waals surface area contributed by atoms with Crippen LogP contribution < -0.4 is 15.5 Å². The number of para-hydroxylation sites is 1. The molecule has 0 aromatic heterocycles. The number of carbonyl (C=O) groups excluding carboxylic acids is 2. The van der Waals surface area contributed by atoms with Crippen LogP contribution in [-0.2, 0) is 9.59 Å². The van der Waals surface area contributed by atoms with Gasteiger partial charge in [-0.25, -0.2) is 0 Å². The summed E-state index contributed by atoms with van der Waals surface area (Å²) < 4.78 is 0. The van der Waals surface area contributed by atoms with Crippen LogP contribution in [0.5, 0.6) is 0 Å². The molecular weight excluding hydrogens is 290 g/mol. The lowest BCUT2D eigenvalue weighted by molar-refractivity contribution is -0.126.